The van der Waals surface area contributed by atoms with Crippen LogP contribution in [0.25, 0.3) is 0 Å². The first-order chi connectivity index (χ1) is 16.1. The molecule has 1 aromatic heterocycles. The number of morpholine rings is 1. The maximum absolute atomic E-state index is 13.1. The van der Waals surface area contributed by atoms with Crippen LogP contribution in [-0.2, 0) is 30.3 Å². The van der Waals surface area contributed by atoms with Crippen LogP contribution < -0.4 is 10.6 Å². The van der Waals surface area contributed by atoms with Gasteiger partial charge < -0.3 is 25.0 Å². The summed E-state index contributed by atoms with van der Waals surface area (Å²) >= 11 is 2.85. The Kier molecular flexibility index (Phi) is 7.20. The van der Waals surface area contributed by atoms with Gasteiger partial charge in [-0.25, -0.2) is 9.59 Å². The summed E-state index contributed by atoms with van der Waals surface area (Å²) in [7, 11) is 0. The number of hydrogen-bond donors (Lipinski definition) is 2. The van der Waals surface area contributed by atoms with E-state index in [1.807, 2.05) is 17.5 Å². The number of β-lactam (4-membered cyclic amide) rings is 1. The van der Waals surface area contributed by atoms with E-state index in [0.29, 0.717) is 32.0 Å². The van der Waals surface area contributed by atoms with Crippen LogP contribution >= 0.6 is 23.1 Å². The molecule has 12 heteroatoms. The SMILES string of the molecule is CC(C)(C)OC(=O)C1=C(NC(=O)N2CCOCC2)CS[C@H]2C(NC(=O)Cc3cccs3)C(=O)N12. The van der Waals surface area contributed by atoms with Crippen LogP contribution in [0.15, 0.2) is 28.9 Å². The van der Waals surface area contributed by atoms with Crippen molar-refractivity contribution in [2.75, 3.05) is 32.1 Å². The lowest BCUT2D eigenvalue weighted by atomic mass is 10.0. The van der Waals surface area contributed by atoms with Crippen molar-refractivity contribution < 1.29 is 28.7 Å². The van der Waals surface area contributed by atoms with Crippen molar-refractivity contribution in [1.29, 1.82) is 0 Å². The maximum Gasteiger partial charge on any atom is 0.357 e. The zero-order chi connectivity index (χ0) is 24.5. The summed E-state index contributed by atoms with van der Waals surface area (Å²) in [6.07, 6.45) is 0.189. The Morgan fingerprint density at radius 2 is 1.97 bits per heavy atom. The molecule has 2 atom stereocenters. The lowest BCUT2D eigenvalue weighted by Gasteiger charge is -2.49. The third-order valence-electron chi connectivity index (χ3n) is 5.35. The van der Waals surface area contributed by atoms with Gasteiger partial charge in [0.05, 0.1) is 25.3 Å². The first-order valence-electron chi connectivity index (χ1n) is 11.0. The lowest BCUT2D eigenvalue weighted by molar-refractivity contribution is -0.159. The Labute approximate surface area is 206 Å². The Morgan fingerprint density at radius 1 is 1.24 bits per heavy atom. The van der Waals surface area contributed by atoms with Gasteiger partial charge in [0.25, 0.3) is 5.91 Å². The maximum atomic E-state index is 13.1. The fourth-order valence-electron chi connectivity index (χ4n) is 3.80. The molecule has 0 saturated carbocycles. The Morgan fingerprint density at radius 3 is 2.62 bits per heavy atom. The molecule has 2 N–H and O–H groups in total. The molecule has 1 aromatic rings. The van der Waals surface area contributed by atoms with Crippen molar-refractivity contribution in [1.82, 2.24) is 20.4 Å². The number of urea groups is 1. The Bertz CT molecular complexity index is 998. The number of amides is 4. The molecule has 3 aliphatic rings. The third-order valence-corrected chi connectivity index (χ3v) is 7.50. The van der Waals surface area contributed by atoms with Gasteiger partial charge in [-0.15, -0.1) is 23.1 Å². The highest BCUT2D eigenvalue weighted by Gasteiger charge is 2.55. The molecule has 4 rings (SSSR count). The van der Waals surface area contributed by atoms with Gasteiger partial charge in [0.1, 0.15) is 17.0 Å². The van der Waals surface area contributed by atoms with Gasteiger partial charge in [0.2, 0.25) is 5.91 Å². The van der Waals surface area contributed by atoms with Crippen molar-refractivity contribution in [3.63, 3.8) is 0 Å². The fourth-order valence-corrected chi connectivity index (χ4v) is 5.79. The van der Waals surface area contributed by atoms with E-state index in [1.54, 1.807) is 25.7 Å². The molecule has 10 nitrogen and oxygen atoms in total. The standard InChI is InChI=1S/C22H28N4O6S2/c1-22(2,3)32-20(29)17-14(23-21(30)25-6-8-31-9-7-25)12-34-19-16(18(28)26(17)19)24-15(27)11-13-5-4-10-33-13/h4-5,10,16,19H,6-9,11-12H2,1-3H3,(H,23,30)(H,24,27)/t16?,19-/m0/s1. The summed E-state index contributed by atoms with van der Waals surface area (Å²) in [5.74, 6) is -1.06. The topological polar surface area (TPSA) is 117 Å². The van der Waals surface area contributed by atoms with Crippen LogP contribution in [0, 0.1) is 0 Å². The van der Waals surface area contributed by atoms with Gasteiger partial charge >= 0.3 is 12.0 Å². The van der Waals surface area contributed by atoms with E-state index in [4.69, 9.17) is 9.47 Å². The molecule has 34 heavy (non-hydrogen) atoms. The quantitative estimate of drug-likeness (QED) is 0.455. The van der Waals surface area contributed by atoms with Crippen LogP contribution in [0.4, 0.5) is 4.79 Å². The number of hydrogen-bond acceptors (Lipinski definition) is 8. The van der Waals surface area contributed by atoms with E-state index < -0.39 is 28.9 Å². The van der Waals surface area contributed by atoms with Crippen LogP contribution in [0.2, 0.25) is 0 Å². The highest BCUT2D eigenvalue weighted by Crippen LogP contribution is 2.40. The van der Waals surface area contributed by atoms with Gasteiger partial charge in [0, 0.05) is 23.7 Å². The molecule has 3 aliphatic heterocycles. The number of fused-ring (bicyclic) bond motifs is 1. The second kappa shape index (κ2) is 9.96. The van der Waals surface area contributed by atoms with E-state index in [0.717, 1.165) is 4.88 Å². The van der Waals surface area contributed by atoms with Crippen LogP contribution in [0.5, 0.6) is 0 Å². The fraction of sp³-hybridized carbons (Fsp3) is 0.545. The monoisotopic (exact) mass is 508 g/mol. The highest BCUT2D eigenvalue weighted by atomic mass is 32.2. The highest BCUT2D eigenvalue weighted by molar-refractivity contribution is 8.00. The van der Waals surface area contributed by atoms with E-state index in [-0.39, 0.29) is 29.8 Å². The molecule has 1 unspecified atom stereocenters. The number of nitrogens with zero attached hydrogens (tertiary/aromatic N) is 2. The van der Waals surface area contributed by atoms with Crippen molar-refractivity contribution in [2.45, 2.75) is 44.2 Å². The number of carbonyl (C=O) groups is 4. The average molecular weight is 509 g/mol. The summed E-state index contributed by atoms with van der Waals surface area (Å²) in [6, 6.07) is 2.63. The minimum Gasteiger partial charge on any atom is -0.455 e. The second-order valence-electron chi connectivity index (χ2n) is 9.07. The molecule has 0 bridgehead atoms. The summed E-state index contributed by atoms with van der Waals surface area (Å²) in [5.41, 5.74) is -0.441. The number of ether oxygens (including phenoxy) is 2. The molecule has 0 spiro atoms. The zero-order valence-corrected chi connectivity index (χ0v) is 20.9. The predicted octanol–water partition coefficient (Wildman–Crippen LogP) is 1.29. The molecule has 4 heterocycles. The van der Waals surface area contributed by atoms with Crippen molar-refractivity contribution in [3.8, 4) is 0 Å². The summed E-state index contributed by atoms with van der Waals surface area (Å²) in [5, 5.41) is 7.03. The molecular weight excluding hydrogens is 480 g/mol. The predicted molar refractivity (Wildman–Crippen MR) is 127 cm³/mol. The minimum absolute atomic E-state index is 0.0223. The van der Waals surface area contributed by atoms with E-state index in [2.05, 4.69) is 10.6 Å². The molecule has 2 fully saturated rings. The van der Waals surface area contributed by atoms with Gasteiger partial charge in [-0.05, 0) is 32.2 Å². The van der Waals surface area contributed by atoms with Crippen molar-refractivity contribution >= 4 is 46.9 Å². The normalized spacial score (nSPS) is 22.6. The number of esters is 1. The van der Waals surface area contributed by atoms with Gasteiger partial charge in [-0.3, -0.25) is 14.5 Å². The summed E-state index contributed by atoms with van der Waals surface area (Å²) in [6.45, 7) is 6.97. The molecule has 0 aliphatic carbocycles. The molecule has 184 valence electrons. The average Bonchev–Trinajstić information content (AvgIpc) is 3.29. The number of thiophene rings is 1. The lowest BCUT2D eigenvalue weighted by Crippen LogP contribution is -2.71. The van der Waals surface area contributed by atoms with E-state index in [1.165, 1.54) is 28.0 Å². The first kappa shape index (κ1) is 24.6. The van der Waals surface area contributed by atoms with E-state index in [9.17, 15) is 19.2 Å². The second-order valence-corrected chi connectivity index (χ2v) is 11.2. The van der Waals surface area contributed by atoms with Gasteiger partial charge in [0.15, 0.2) is 5.70 Å². The first-order valence-corrected chi connectivity index (χ1v) is 12.9. The number of nitrogens with one attached hydrogen (secondary N) is 2. The summed E-state index contributed by atoms with van der Waals surface area (Å²) in [4.78, 5) is 55.2. The van der Waals surface area contributed by atoms with Crippen LogP contribution in [-0.4, -0.2) is 82.7 Å². The Balaban J connectivity index is 1.51. The molecular formula is C22H28N4O6S2. The molecule has 0 aromatic carbocycles. The molecule has 0 radical (unpaired) electrons. The number of rotatable bonds is 5. The smallest absolute Gasteiger partial charge is 0.357 e. The van der Waals surface area contributed by atoms with E-state index >= 15 is 0 Å². The van der Waals surface area contributed by atoms with Crippen LogP contribution in [0.1, 0.15) is 25.6 Å². The third kappa shape index (κ3) is 5.39. The largest absolute Gasteiger partial charge is 0.455 e. The van der Waals surface area contributed by atoms with Crippen LogP contribution in [0.3, 0.4) is 0 Å². The number of thioether (sulfide) groups is 1. The Hall–Kier alpha value is -2.57. The zero-order valence-electron chi connectivity index (χ0n) is 19.3. The van der Waals surface area contributed by atoms with Gasteiger partial charge in [-0.1, -0.05) is 6.07 Å². The molecule has 2 saturated heterocycles. The van der Waals surface area contributed by atoms with Crippen molar-refractivity contribution in [2.24, 2.45) is 0 Å². The van der Waals surface area contributed by atoms with Crippen molar-refractivity contribution in [3.05, 3.63) is 33.8 Å². The summed E-state index contributed by atoms with van der Waals surface area (Å²) < 4.78 is 10.8. The molecule has 4 amide bonds. The number of carbonyl (C=O) groups excluding carboxylic acids is 4. The minimum atomic E-state index is -0.786. The van der Waals surface area contributed by atoms with Gasteiger partial charge in [-0.2, -0.15) is 0 Å².